The Labute approximate surface area is 125 Å². The Hall–Kier alpha value is -1.22. The molecule has 2 rings (SSSR count). The van der Waals surface area contributed by atoms with Gasteiger partial charge in [-0.3, -0.25) is 0 Å². The van der Waals surface area contributed by atoms with Crippen molar-refractivity contribution in [2.45, 2.75) is 45.1 Å². The van der Waals surface area contributed by atoms with Gasteiger partial charge in [-0.2, -0.15) is 0 Å². The molecule has 4 heteroatoms. The minimum Gasteiger partial charge on any atom is -0.478 e. The van der Waals surface area contributed by atoms with Gasteiger partial charge in [-0.15, -0.1) is 0 Å². The Morgan fingerprint density at radius 3 is 2.55 bits per heavy atom. The molecule has 1 aromatic rings. The van der Waals surface area contributed by atoms with Gasteiger partial charge in [0.15, 0.2) is 0 Å². The van der Waals surface area contributed by atoms with Crippen LogP contribution in [0.5, 0.6) is 0 Å². The maximum absolute atomic E-state index is 11.3. The van der Waals surface area contributed by atoms with Crippen LogP contribution in [0.3, 0.4) is 0 Å². The van der Waals surface area contributed by atoms with E-state index in [0.717, 1.165) is 24.4 Å². The molecule has 0 aromatic heterocycles. The number of rotatable bonds is 4. The second-order valence-corrected chi connectivity index (χ2v) is 6.10. The second kappa shape index (κ2) is 6.49. The molecule has 20 heavy (non-hydrogen) atoms. The van der Waals surface area contributed by atoms with Gasteiger partial charge >= 0.3 is 5.97 Å². The van der Waals surface area contributed by atoms with Crippen molar-refractivity contribution < 1.29 is 9.90 Å². The van der Waals surface area contributed by atoms with Gasteiger partial charge in [0, 0.05) is 18.1 Å². The number of halogens is 1. The molecule has 0 heterocycles. The van der Waals surface area contributed by atoms with Gasteiger partial charge < -0.3 is 10.0 Å². The molecule has 0 saturated heterocycles. The van der Waals surface area contributed by atoms with Crippen LogP contribution in [-0.4, -0.2) is 24.2 Å². The minimum atomic E-state index is -0.897. The summed E-state index contributed by atoms with van der Waals surface area (Å²) in [6.45, 7) is 2.24. The van der Waals surface area contributed by atoms with Crippen LogP contribution in [0.4, 0.5) is 5.69 Å². The second-order valence-electron chi connectivity index (χ2n) is 5.66. The highest BCUT2D eigenvalue weighted by Crippen LogP contribution is 2.33. The van der Waals surface area contributed by atoms with Gasteiger partial charge in [0.25, 0.3) is 0 Å². The number of anilines is 1. The number of benzene rings is 1. The summed E-state index contributed by atoms with van der Waals surface area (Å²) in [5, 5.41) is 9.90. The predicted molar refractivity (Wildman–Crippen MR) is 82.9 cm³/mol. The molecule has 1 N–H and O–H groups in total. The van der Waals surface area contributed by atoms with E-state index in [1.807, 2.05) is 7.05 Å². The lowest BCUT2D eigenvalue weighted by atomic mass is 9.84. The molecule has 1 aliphatic rings. The predicted octanol–water partition coefficient (Wildman–Crippen LogP) is 4.44. The average Bonchev–Trinajstić information content (AvgIpc) is 2.46. The Bertz CT molecular complexity index is 481. The van der Waals surface area contributed by atoms with Crippen molar-refractivity contribution in [1.29, 1.82) is 0 Å². The SMILES string of the molecule is CCC1CCC(N(C)c2cc(Cl)ccc2C(=O)O)CC1. The van der Waals surface area contributed by atoms with Crippen molar-refractivity contribution >= 4 is 23.3 Å². The van der Waals surface area contributed by atoms with Gasteiger partial charge in [-0.05, 0) is 49.8 Å². The third-order valence-corrected chi connectivity index (χ3v) is 4.75. The van der Waals surface area contributed by atoms with Crippen LogP contribution in [-0.2, 0) is 0 Å². The highest BCUT2D eigenvalue weighted by Gasteiger charge is 2.25. The van der Waals surface area contributed by atoms with Crippen molar-refractivity contribution in [3.8, 4) is 0 Å². The van der Waals surface area contributed by atoms with E-state index in [-0.39, 0.29) is 0 Å². The zero-order chi connectivity index (χ0) is 14.7. The number of carbonyl (C=O) groups is 1. The molecule has 0 atom stereocenters. The van der Waals surface area contributed by atoms with E-state index in [1.54, 1.807) is 18.2 Å². The fourth-order valence-corrected chi connectivity index (χ4v) is 3.28. The van der Waals surface area contributed by atoms with Gasteiger partial charge in [0.2, 0.25) is 0 Å². The summed E-state index contributed by atoms with van der Waals surface area (Å²) in [6.07, 6.45) is 5.96. The van der Waals surface area contributed by atoms with Crippen LogP contribution in [0.15, 0.2) is 18.2 Å². The van der Waals surface area contributed by atoms with Crippen molar-refractivity contribution in [1.82, 2.24) is 0 Å². The molecule has 1 fully saturated rings. The molecule has 1 saturated carbocycles. The smallest absolute Gasteiger partial charge is 0.337 e. The van der Waals surface area contributed by atoms with Gasteiger partial charge in [0.1, 0.15) is 0 Å². The number of hydrogen-bond acceptors (Lipinski definition) is 2. The van der Waals surface area contributed by atoms with Crippen LogP contribution in [0.25, 0.3) is 0 Å². The van der Waals surface area contributed by atoms with Crippen LogP contribution in [0, 0.1) is 5.92 Å². The molecule has 0 spiro atoms. The molecule has 0 bridgehead atoms. The molecule has 0 aliphatic heterocycles. The van der Waals surface area contributed by atoms with E-state index >= 15 is 0 Å². The fraction of sp³-hybridized carbons (Fsp3) is 0.562. The van der Waals surface area contributed by atoms with E-state index in [1.165, 1.54) is 19.3 Å². The third-order valence-electron chi connectivity index (χ3n) is 4.51. The first-order valence-corrected chi connectivity index (χ1v) is 7.66. The normalized spacial score (nSPS) is 22.6. The maximum Gasteiger partial charge on any atom is 0.337 e. The van der Waals surface area contributed by atoms with Crippen molar-refractivity contribution in [2.75, 3.05) is 11.9 Å². The zero-order valence-electron chi connectivity index (χ0n) is 12.1. The summed E-state index contributed by atoms with van der Waals surface area (Å²) >= 11 is 6.03. The van der Waals surface area contributed by atoms with Crippen LogP contribution < -0.4 is 4.90 Å². The lowest BCUT2D eigenvalue weighted by Crippen LogP contribution is -2.36. The van der Waals surface area contributed by atoms with Crippen LogP contribution in [0.2, 0.25) is 5.02 Å². The summed E-state index contributed by atoms with van der Waals surface area (Å²) in [4.78, 5) is 13.4. The first kappa shape index (κ1) is 15.2. The lowest BCUT2D eigenvalue weighted by Gasteiger charge is -2.36. The molecular weight excluding hydrogens is 274 g/mol. The van der Waals surface area contributed by atoms with E-state index in [0.29, 0.717) is 16.6 Å². The zero-order valence-corrected chi connectivity index (χ0v) is 12.9. The van der Waals surface area contributed by atoms with E-state index < -0.39 is 5.97 Å². The summed E-state index contributed by atoms with van der Waals surface area (Å²) in [6, 6.07) is 5.40. The Kier molecular flexibility index (Phi) is 4.92. The number of hydrogen-bond donors (Lipinski definition) is 1. The van der Waals surface area contributed by atoms with E-state index in [9.17, 15) is 9.90 Å². The standard InChI is InChI=1S/C16H22ClNO2/c1-3-11-4-7-13(8-5-11)18(2)15-10-12(17)6-9-14(15)16(19)20/h6,9-11,13H,3-5,7-8H2,1-2H3,(H,19,20). The molecule has 110 valence electrons. The highest BCUT2D eigenvalue weighted by molar-refractivity contribution is 6.31. The van der Waals surface area contributed by atoms with Gasteiger partial charge in [0.05, 0.1) is 11.3 Å². The maximum atomic E-state index is 11.3. The first-order chi connectivity index (χ1) is 9.52. The Morgan fingerprint density at radius 1 is 1.35 bits per heavy atom. The van der Waals surface area contributed by atoms with Crippen molar-refractivity contribution in [2.24, 2.45) is 5.92 Å². The van der Waals surface area contributed by atoms with Crippen LogP contribution in [0.1, 0.15) is 49.4 Å². The van der Waals surface area contributed by atoms with E-state index in [4.69, 9.17) is 11.6 Å². The summed E-state index contributed by atoms with van der Waals surface area (Å²) < 4.78 is 0. The van der Waals surface area contributed by atoms with Crippen molar-refractivity contribution in [3.05, 3.63) is 28.8 Å². The van der Waals surface area contributed by atoms with Gasteiger partial charge in [-0.25, -0.2) is 4.79 Å². The number of aromatic carboxylic acids is 1. The molecule has 0 radical (unpaired) electrons. The number of carboxylic acid groups (broad SMARTS) is 1. The molecule has 0 amide bonds. The van der Waals surface area contributed by atoms with Gasteiger partial charge in [-0.1, -0.05) is 24.9 Å². The topological polar surface area (TPSA) is 40.5 Å². The molecule has 0 unspecified atom stereocenters. The molecule has 1 aromatic carbocycles. The minimum absolute atomic E-state index is 0.328. The fourth-order valence-electron chi connectivity index (χ4n) is 3.11. The third kappa shape index (κ3) is 3.26. The van der Waals surface area contributed by atoms with E-state index in [2.05, 4.69) is 11.8 Å². The summed E-state index contributed by atoms with van der Waals surface area (Å²) in [5.74, 6) is -0.0660. The number of carboxylic acids is 1. The number of nitrogens with zero attached hydrogens (tertiary/aromatic N) is 1. The molecule has 3 nitrogen and oxygen atoms in total. The summed E-state index contributed by atoms with van der Waals surface area (Å²) in [7, 11) is 1.98. The average molecular weight is 296 g/mol. The Balaban J connectivity index is 2.18. The largest absolute Gasteiger partial charge is 0.478 e. The van der Waals surface area contributed by atoms with Crippen molar-refractivity contribution in [3.63, 3.8) is 0 Å². The first-order valence-electron chi connectivity index (χ1n) is 7.28. The van der Waals surface area contributed by atoms with Crippen LogP contribution >= 0.6 is 11.6 Å². The summed E-state index contributed by atoms with van der Waals surface area (Å²) in [5.41, 5.74) is 1.06. The Morgan fingerprint density at radius 2 is 2.00 bits per heavy atom. The quantitative estimate of drug-likeness (QED) is 0.892. The lowest BCUT2D eigenvalue weighted by molar-refractivity contribution is 0.0697. The monoisotopic (exact) mass is 295 g/mol. The highest BCUT2D eigenvalue weighted by atomic mass is 35.5. The molecule has 1 aliphatic carbocycles. The molecular formula is C16H22ClNO2.